The van der Waals surface area contributed by atoms with Crippen molar-refractivity contribution in [3.8, 4) is 0 Å². The van der Waals surface area contributed by atoms with E-state index in [1.54, 1.807) is 0 Å². The third-order valence-electron chi connectivity index (χ3n) is 3.79. The first-order valence-electron chi connectivity index (χ1n) is 8.95. The maximum Gasteiger partial charge on any atom is 0.191 e. The number of unbranched alkanes of at least 4 members (excludes halogenated alkanes) is 1. The molecule has 5 nitrogen and oxygen atoms in total. The molecule has 0 aliphatic rings. The molecule has 0 aromatic rings. The second kappa shape index (κ2) is 15.1. The monoisotopic (exact) mass is 314 g/mol. The summed E-state index contributed by atoms with van der Waals surface area (Å²) in [4.78, 5) is 6.73. The third-order valence-corrected chi connectivity index (χ3v) is 3.79. The summed E-state index contributed by atoms with van der Waals surface area (Å²) in [7, 11) is 1.82. The van der Waals surface area contributed by atoms with E-state index in [0.29, 0.717) is 6.04 Å². The average molecular weight is 315 g/mol. The molecule has 0 saturated heterocycles. The van der Waals surface area contributed by atoms with Gasteiger partial charge in [-0.3, -0.25) is 4.99 Å². The van der Waals surface area contributed by atoms with Gasteiger partial charge in [-0.15, -0.1) is 0 Å². The van der Waals surface area contributed by atoms with E-state index in [1.807, 2.05) is 7.05 Å². The fraction of sp³-hybridized carbons (Fsp3) is 0.941. The van der Waals surface area contributed by atoms with Crippen molar-refractivity contribution < 1.29 is 4.74 Å². The highest BCUT2D eigenvalue weighted by Crippen LogP contribution is 1.99. The van der Waals surface area contributed by atoms with Crippen LogP contribution in [0.3, 0.4) is 0 Å². The van der Waals surface area contributed by atoms with E-state index in [4.69, 9.17) is 4.74 Å². The Morgan fingerprint density at radius 3 is 2.45 bits per heavy atom. The highest BCUT2D eigenvalue weighted by Gasteiger charge is 2.06. The number of nitrogens with zero attached hydrogens (tertiary/aromatic N) is 2. The van der Waals surface area contributed by atoms with Crippen LogP contribution in [0.5, 0.6) is 0 Å². The van der Waals surface area contributed by atoms with Crippen molar-refractivity contribution in [2.24, 2.45) is 4.99 Å². The fourth-order valence-corrected chi connectivity index (χ4v) is 2.25. The molecule has 0 amide bonds. The van der Waals surface area contributed by atoms with Crippen LogP contribution in [-0.2, 0) is 4.74 Å². The van der Waals surface area contributed by atoms with Gasteiger partial charge < -0.3 is 20.3 Å². The summed E-state index contributed by atoms with van der Waals surface area (Å²) in [5.74, 6) is 0.870. The van der Waals surface area contributed by atoms with E-state index < -0.39 is 0 Å². The first-order valence-corrected chi connectivity index (χ1v) is 8.95. The van der Waals surface area contributed by atoms with Crippen LogP contribution in [0.25, 0.3) is 0 Å². The third kappa shape index (κ3) is 11.8. The summed E-state index contributed by atoms with van der Waals surface area (Å²) in [5, 5.41) is 6.75. The Morgan fingerprint density at radius 2 is 1.86 bits per heavy atom. The van der Waals surface area contributed by atoms with Gasteiger partial charge in [0.25, 0.3) is 0 Å². The second-order valence-corrected chi connectivity index (χ2v) is 5.68. The number of hydrogen-bond donors (Lipinski definition) is 2. The SMILES string of the molecule is CCCCOCCNC(=NC)NC(C)CCCN(CC)CC. The van der Waals surface area contributed by atoms with Gasteiger partial charge in [-0.25, -0.2) is 0 Å². The molecule has 132 valence electrons. The zero-order chi connectivity index (χ0) is 16.6. The fourth-order valence-electron chi connectivity index (χ4n) is 2.25. The van der Waals surface area contributed by atoms with Crippen molar-refractivity contribution >= 4 is 5.96 Å². The van der Waals surface area contributed by atoms with Crippen LogP contribution in [0.2, 0.25) is 0 Å². The highest BCUT2D eigenvalue weighted by molar-refractivity contribution is 5.79. The molecule has 0 bridgehead atoms. The molecular weight excluding hydrogens is 276 g/mol. The van der Waals surface area contributed by atoms with Crippen molar-refractivity contribution in [1.29, 1.82) is 0 Å². The Labute approximate surface area is 137 Å². The van der Waals surface area contributed by atoms with E-state index in [9.17, 15) is 0 Å². The van der Waals surface area contributed by atoms with E-state index in [0.717, 1.165) is 51.6 Å². The number of ether oxygens (including phenoxy) is 1. The maximum absolute atomic E-state index is 5.54. The number of hydrogen-bond acceptors (Lipinski definition) is 3. The number of guanidine groups is 1. The molecule has 2 N–H and O–H groups in total. The summed E-state index contributed by atoms with van der Waals surface area (Å²) >= 11 is 0. The van der Waals surface area contributed by atoms with Crippen LogP contribution in [0.4, 0.5) is 0 Å². The van der Waals surface area contributed by atoms with Gasteiger partial charge in [0.1, 0.15) is 0 Å². The number of aliphatic imine (C=N–C) groups is 1. The molecule has 0 radical (unpaired) electrons. The van der Waals surface area contributed by atoms with Crippen LogP contribution in [0, 0.1) is 0 Å². The zero-order valence-electron chi connectivity index (χ0n) is 15.5. The summed E-state index contributed by atoms with van der Waals surface area (Å²) < 4.78 is 5.54. The van der Waals surface area contributed by atoms with E-state index in [2.05, 4.69) is 48.2 Å². The topological polar surface area (TPSA) is 48.9 Å². The van der Waals surface area contributed by atoms with Crippen molar-refractivity contribution in [2.75, 3.05) is 46.4 Å². The van der Waals surface area contributed by atoms with Gasteiger partial charge in [0.2, 0.25) is 0 Å². The standard InChI is InChI=1S/C17H38N4O/c1-6-9-14-22-15-12-19-17(18-5)20-16(4)11-10-13-21(7-2)8-3/h16H,6-15H2,1-5H3,(H2,18,19,20). The summed E-state index contributed by atoms with van der Waals surface area (Å²) in [6.07, 6.45) is 4.69. The number of nitrogens with one attached hydrogen (secondary N) is 2. The molecular formula is C17H38N4O. The molecule has 0 aromatic carbocycles. The summed E-state index contributed by atoms with van der Waals surface area (Å²) in [6.45, 7) is 14.7. The van der Waals surface area contributed by atoms with Crippen molar-refractivity contribution in [3.63, 3.8) is 0 Å². The van der Waals surface area contributed by atoms with Gasteiger partial charge in [-0.2, -0.15) is 0 Å². The maximum atomic E-state index is 5.54. The smallest absolute Gasteiger partial charge is 0.191 e. The zero-order valence-corrected chi connectivity index (χ0v) is 15.5. The van der Waals surface area contributed by atoms with Crippen LogP contribution < -0.4 is 10.6 Å². The van der Waals surface area contributed by atoms with Gasteiger partial charge in [-0.05, 0) is 45.8 Å². The van der Waals surface area contributed by atoms with E-state index in [-0.39, 0.29) is 0 Å². The molecule has 0 aromatic heterocycles. The highest BCUT2D eigenvalue weighted by atomic mass is 16.5. The lowest BCUT2D eigenvalue weighted by atomic mass is 10.2. The molecule has 0 fully saturated rings. The largest absolute Gasteiger partial charge is 0.380 e. The molecule has 1 atom stereocenters. The molecule has 5 heteroatoms. The molecule has 0 rings (SSSR count). The average Bonchev–Trinajstić information content (AvgIpc) is 2.53. The lowest BCUT2D eigenvalue weighted by Crippen LogP contribution is -2.43. The molecule has 0 aliphatic heterocycles. The molecule has 0 spiro atoms. The number of rotatable bonds is 13. The van der Waals surface area contributed by atoms with Gasteiger partial charge in [0, 0.05) is 26.2 Å². The summed E-state index contributed by atoms with van der Waals surface area (Å²) in [5.41, 5.74) is 0. The summed E-state index contributed by atoms with van der Waals surface area (Å²) in [6, 6.07) is 0.433. The van der Waals surface area contributed by atoms with Crippen molar-refractivity contribution in [2.45, 2.75) is 59.4 Å². The second-order valence-electron chi connectivity index (χ2n) is 5.68. The Hall–Kier alpha value is -0.810. The predicted molar refractivity (Wildman–Crippen MR) is 96.7 cm³/mol. The Kier molecular flexibility index (Phi) is 14.5. The minimum Gasteiger partial charge on any atom is -0.380 e. The quantitative estimate of drug-likeness (QED) is 0.311. The van der Waals surface area contributed by atoms with Gasteiger partial charge in [0.05, 0.1) is 6.61 Å². The predicted octanol–water partition coefficient (Wildman–Crippen LogP) is 2.48. The van der Waals surface area contributed by atoms with Gasteiger partial charge in [0.15, 0.2) is 5.96 Å². The van der Waals surface area contributed by atoms with Gasteiger partial charge in [-0.1, -0.05) is 27.2 Å². The van der Waals surface area contributed by atoms with Crippen LogP contribution in [-0.4, -0.2) is 63.3 Å². The van der Waals surface area contributed by atoms with Gasteiger partial charge >= 0.3 is 0 Å². The normalized spacial score (nSPS) is 13.5. The van der Waals surface area contributed by atoms with Crippen molar-refractivity contribution in [1.82, 2.24) is 15.5 Å². The Morgan fingerprint density at radius 1 is 1.14 bits per heavy atom. The molecule has 22 heavy (non-hydrogen) atoms. The molecule has 0 heterocycles. The van der Waals surface area contributed by atoms with Crippen LogP contribution in [0.15, 0.2) is 4.99 Å². The Balaban J connectivity index is 3.73. The molecule has 0 saturated carbocycles. The minimum absolute atomic E-state index is 0.433. The lowest BCUT2D eigenvalue weighted by molar-refractivity contribution is 0.136. The van der Waals surface area contributed by atoms with E-state index >= 15 is 0 Å². The van der Waals surface area contributed by atoms with Crippen molar-refractivity contribution in [3.05, 3.63) is 0 Å². The lowest BCUT2D eigenvalue weighted by Gasteiger charge is -2.21. The van der Waals surface area contributed by atoms with E-state index in [1.165, 1.54) is 19.4 Å². The first kappa shape index (κ1) is 21.2. The first-order chi connectivity index (χ1) is 10.7. The van der Waals surface area contributed by atoms with Crippen LogP contribution in [0.1, 0.15) is 53.4 Å². The van der Waals surface area contributed by atoms with Crippen LogP contribution >= 0.6 is 0 Å². The minimum atomic E-state index is 0.433. The molecule has 1 unspecified atom stereocenters. The molecule has 0 aliphatic carbocycles. The Bertz CT molecular complexity index is 267.